The molecule has 0 bridgehead atoms. The van der Waals surface area contributed by atoms with Gasteiger partial charge in [-0.25, -0.2) is 33.5 Å². The molecule has 0 amide bonds. The highest BCUT2D eigenvalue weighted by Crippen LogP contribution is 2.54. The Labute approximate surface area is 260 Å². The third-order valence-corrected chi connectivity index (χ3v) is 10.1. The van der Waals surface area contributed by atoms with Crippen LogP contribution in [0.2, 0.25) is 10.0 Å². The summed E-state index contributed by atoms with van der Waals surface area (Å²) in [5, 5.41) is 11.6. The standard InChI is InChI=1S/C22H22Cl2FN7O11P2/c23-8-1-10-11(2-9(8)24)31(6-29-10)22-16(33)18-13(41-22)4-39-44(34,35)42-17-12(3-38-45(36,37)43-18)40-21(14(17)25)32-7-30-15-19(26)27-5-28-20(15)32/h1-2,5-7,12-14,16-18,21-22,33H,3-4H2,(H,34,35)(H,36,37)(H2,26,27,28). The third kappa shape index (κ3) is 5.65. The number of imidazole rings is 2. The number of benzene rings is 1. The van der Waals surface area contributed by atoms with E-state index in [4.69, 9.17) is 56.5 Å². The molecule has 4 aromatic rings. The average molecular weight is 712 g/mol. The molecule has 3 aliphatic heterocycles. The van der Waals surface area contributed by atoms with Crippen molar-refractivity contribution in [1.82, 2.24) is 29.1 Å². The van der Waals surface area contributed by atoms with Gasteiger partial charge in [-0.1, -0.05) is 23.2 Å². The van der Waals surface area contributed by atoms with E-state index >= 15 is 4.39 Å². The molecule has 0 spiro atoms. The number of fused-ring (bicyclic) bond motifs is 4. The van der Waals surface area contributed by atoms with Gasteiger partial charge in [-0.15, -0.1) is 0 Å². The molecule has 3 aliphatic rings. The summed E-state index contributed by atoms with van der Waals surface area (Å²) in [5.74, 6) is 0.0106. The monoisotopic (exact) mass is 711 g/mol. The number of halogens is 3. The number of phosphoric ester groups is 2. The van der Waals surface area contributed by atoms with Crippen LogP contribution in [0.4, 0.5) is 10.2 Å². The average Bonchev–Trinajstić information content (AvgIpc) is 3.73. The van der Waals surface area contributed by atoms with Gasteiger partial charge in [0.25, 0.3) is 0 Å². The van der Waals surface area contributed by atoms with Gasteiger partial charge in [0.1, 0.15) is 42.4 Å². The zero-order valence-corrected chi connectivity index (χ0v) is 25.6. The number of nitrogens with two attached hydrogens (primary N) is 1. The van der Waals surface area contributed by atoms with Gasteiger partial charge < -0.3 is 34.7 Å². The van der Waals surface area contributed by atoms with E-state index in [0.717, 1.165) is 10.9 Å². The van der Waals surface area contributed by atoms with Crippen molar-refractivity contribution >= 4 is 66.9 Å². The number of aromatic nitrogens is 6. The van der Waals surface area contributed by atoms with Gasteiger partial charge in [0.2, 0.25) is 0 Å². The molecule has 23 heteroatoms. The molecular formula is C22H22Cl2FN7O11P2. The van der Waals surface area contributed by atoms with Gasteiger partial charge >= 0.3 is 15.6 Å². The van der Waals surface area contributed by atoms with Crippen molar-refractivity contribution in [3.05, 3.63) is 41.2 Å². The fraction of sp³-hybridized carbons (Fsp3) is 0.455. The SMILES string of the molecule is Nc1ncnc2c1ncn2C1OC2COP(=O)(O)OC3C(COP(=O)(O)OC2C1F)OC(n1cnc2cc(Cl)c(Cl)cc21)C3O. The fourth-order valence-corrected chi connectivity index (χ4v) is 7.61. The van der Waals surface area contributed by atoms with Crippen LogP contribution < -0.4 is 5.73 Å². The molecule has 3 saturated heterocycles. The Morgan fingerprint density at radius 3 is 2.24 bits per heavy atom. The maximum Gasteiger partial charge on any atom is 0.472 e. The molecule has 10 atom stereocenters. The van der Waals surface area contributed by atoms with Crippen molar-refractivity contribution < 1.29 is 56.0 Å². The van der Waals surface area contributed by atoms with Crippen molar-refractivity contribution in [3.63, 3.8) is 0 Å². The van der Waals surface area contributed by atoms with Gasteiger partial charge in [0, 0.05) is 0 Å². The van der Waals surface area contributed by atoms with Crippen LogP contribution >= 0.6 is 38.8 Å². The summed E-state index contributed by atoms with van der Waals surface area (Å²) in [4.78, 5) is 37.3. The zero-order valence-electron chi connectivity index (χ0n) is 22.3. The Bertz CT molecular complexity index is 1890. The molecule has 5 N–H and O–H groups in total. The van der Waals surface area contributed by atoms with E-state index in [1.165, 1.54) is 29.4 Å². The molecule has 7 rings (SSSR count). The minimum atomic E-state index is -5.08. The van der Waals surface area contributed by atoms with E-state index in [0.29, 0.717) is 11.0 Å². The van der Waals surface area contributed by atoms with Gasteiger partial charge in [-0.2, -0.15) is 0 Å². The lowest BCUT2D eigenvalue weighted by atomic mass is 10.1. The molecule has 6 heterocycles. The maximum absolute atomic E-state index is 15.9. The summed E-state index contributed by atoms with van der Waals surface area (Å²) in [5.41, 5.74) is 6.78. The summed E-state index contributed by atoms with van der Waals surface area (Å²) in [6.07, 6.45) is -9.60. The van der Waals surface area contributed by atoms with Gasteiger partial charge in [0.15, 0.2) is 30.1 Å². The van der Waals surface area contributed by atoms with Crippen LogP contribution in [0.25, 0.3) is 22.2 Å². The topological polar surface area (TPSA) is 238 Å². The largest absolute Gasteiger partial charge is 0.472 e. The number of hydrogen-bond donors (Lipinski definition) is 4. The second kappa shape index (κ2) is 11.4. The number of ether oxygens (including phenoxy) is 2. The summed E-state index contributed by atoms with van der Waals surface area (Å²) < 4.78 is 76.8. The van der Waals surface area contributed by atoms with Gasteiger partial charge in [-0.05, 0) is 12.1 Å². The molecule has 0 radical (unpaired) electrons. The Balaban J connectivity index is 1.16. The van der Waals surface area contributed by atoms with Crippen LogP contribution in [0.3, 0.4) is 0 Å². The lowest BCUT2D eigenvalue weighted by molar-refractivity contribution is -0.0662. The highest BCUT2D eigenvalue weighted by atomic mass is 35.5. The number of hydrogen-bond acceptors (Lipinski definition) is 14. The van der Waals surface area contributed by atoms with Crippen LogP contribution in [0, 0.1) is 0 Å². The number of aliphatic hydroxyl groups excluding tert-OH is 1. The zero-order chi connectivity index (χ0) is 31.8. The molecule has 0 aliphatic carbocycles. The first-order chi connectivity index (χ1) is 21.3. The molecule has 45 heavy (non-hydrogen) atoms. The van der Waals surface area contributed by atoms with E-state index in [9.17, 15) is 24.0 Å². The van der Waals surface area contributed by atoms with E-state index in [-0.39, 0.29) is 27.0 Å². The fourth-order valence-electron chi connectivity index (χ4n) is 5.38. The molecule has 10 unspecified atom stereocenters. The molecule has 18 nitrogen and oxygen atoms in total. The highest BCUT2D eigenvalue weighted by Gasteiger charge is 2.54. The number of rotatable bonds is 2. The second-order valence-electron chi connectivity index (χ2n) is 10.2. The van der Waals surface area contributed by atoms with Crippen LogP contribution in [0.15, 0.2) is 31.1 Å². The predicted molar refractivity (Wildman–Crippen MR) is 150 cm³/mol. The number of alkyl halides is 1. The summed E-state index contributed by atoms with van der Waals surface area (Å²) in [6, 6.07) is 2.95. The lowest BCUT2D eigenvalue weighted by Crippen LogP contribution is -2.38. The van der Waals surface area contributed by atoms with Crippen molar-refractivity contribution in [3.8, 4) is 0 Å². The summed E-state index contributed by atoms with van der Waals surface area (Å²) in [6.45, 7) is -1.67. The number of phosphoric acid groups is 2. The maximum atomic E-state index is 15.9. The van der Waals surface area contributed by atoms with Crippen molar-refractivity contribution in [2.75, 3.05) is 18.9 Å². The minimum Gasteiger partial charge on any atom is -0.386 e. The van der Waals surface area contributed by atoms with E-state index in [1.54, 1.807) is 0 Å². The quantitative estimate of drug-likeness (QED) is 0.218. The number of aliphatic hydroxyl groups is 1. The number of nitrogens with zero attached hydrogens (tertiary/aromatic N) is 6. The first-order valence-electron chi connectivity index (χ1n) is 13.0. The van der Waals surface area contributed by atoms with E-state index < -0.39 is 78.0 Å². The molecule has 3 fully saturated rings. The molecule has 1 aromatic carbocycles. The normalized spacial score (nSPS) is 37.7. The minimum absolute atomic E-state index is 0.0106. The summed E-state index contributed by atoms with van der Waals surface area (Å²) >= 11 is 12.2. The Morgan fingerprint density at radius 2 is 1.51 bits per heavy atom. The first kappa shape index (κ1) is 31.3. The predicted octanol–water partition coefficient (Wildman–Crippen LogP) is 2.28. The van der Waals surface area contributed by atoms with Crippen molar-refractivity contribution in [2.45, 2.75) is 49.1 Å². The van der Waals surface area contributed by atoms with Crippen LogP contribution in [0.1, 0.15) is 12.5 Å². The van der Waals surface area contributed by atoms with E-state index in [1.807, 2.05) is 0 Å². The van der Waals surface area contributed by atoms with Gasteiger partial charge in [0.05, 0.1) is 46.9 Å². The van der Waals surface area contributed by atoms with Crippen LogP contribution in [0.5, 0.6) is 0 Å². The smallest absolute Gasteiger partial charge is 0.386 e. The van der Waals surface area contributed by atoms with Crippen LogP contribution in [-0.2, 0) is 36.7 Å². The molecule has 3 aromatic heterocycles. The molecule has 0 saturated carbocycles. The Morgan fingerprint density at radius 1 is 0.889 bits per heavy atom. The second-order valence-corrected chi connectivity index (χ2v) is 13.9. The van der Waals surface area contributed by atoms with Crippen molar-refractivity contribution in [1.29, 1.82) is 0 Å². The third-order valence-electron chi connectivity index (χ3n) is 7.44. The number of anilines is 1. The first-order valence-corrected chi connectivity index (χ1v) is 16.8. The lowest BCUT2D eigenvalue weighted by Gasteiger charge is -2.27. The molecule has 242 valence electrons. The molecular weight excluding hydrogens is 690 g/mol. The number of nitrogen functional groups attached to an aromatic ring is 1. The van der Waals surface area contributed by atoms with Crippen LogP contribution in [-0.4, -0.2) is 93.9 Å². The van der Waals surface area contributed by atoms with Gasteiger partial charge in [-0.3, -0.25) is 22.7 Å². The van der Waals surface area contributed by atoms with Crippen molar-refractivity contribution in [2.24, 2.45) is 0 Å². The van der Waals surface area contributed by atoms with E-state index in [2.05, 4.69) is 19.9 Å². The Hall–Kier alpha value is -2.35. The highest BCUT2D eigenvalue weighted by molar-refractivity contribution is 7.47. The summed E-state index contributed by atoms with van der Waals surface area (Å²) in [7, 11) is -10.1. The Kier molecular flexibility index (Phi) is 7.93.